The van der Waals surface area contributed by atoms with Gasteiger partial charge in [-0.2, -0.15) is 0 Å². The van der Waals surface area contributed by atoms with Crippen molar-refractivity contribution in [2.45, 2.75) is 6.04 Å². The van der Waals surface area contributed by atoms with Crippen LogP contribution >= 0.6 is 23.8 Å². The first-order valence-corrected chi connectivity index (χ1v) is 9.64. The van der Waals surface area contributed by atoms with E-state index < -0.39 is 0 Å². The summed E-state index contributed by atoms with van der Waals surface area (Å²) in [5, 5.41) is 7.57. The van der Waals surface area contributed by atoms with Crippen LogP contribution in [0.3, 0.4) is 0 Å². The molecular weight excluding hydrogens is 388 g/mol. The lowest BCUT2D eigenvalue weighted by Gasteiger charge is -2.32. The van der Waals surface area contributed by atoms with Gasteiger partial charge in [0.25, 0.3) is 0 Å². The van der Waals surface area contributed by atoms with E-state index in [-0.39, 0.29) is 11.8 Å². The molecule has 138 valence electrons. The molecule has 28 heavy (non-hydrogen) atoms. The smallest absolute Gasteiger partial charge is 0.193 e. The van der Waals surface area contributed by atoms with Gasteiger partial charge in [0, 0.05) is 10.6 Å². The number of rotatable bonds is 4. The first-order valence-electron chi connectivity index (χ1n) is 8.86. The minimum atomic E-state index is -0.381. The highest BCUT2D eigenvalue weighted by Crippen LogP contribution is 2.33. The van der Waals surface area contributed by atoms with Crippen molar-refractivity contribution in [3.63, 3.8) is 0 Å². The number of halogens is 1. The van der Waals surface area contributed by atoms with E-state index >= 15 is 0 Å². The molecule has 0 amide bonds. The molecule has 0 aliphatic carbocycles. The number of benzene rings is 3. The average Bonchev–Trinajstić information content (AvgIpc) is 2.74. The molecule has 0 saturated carbocycles. The molecule has 0 saturated heterocycles. The number of hydrogen-bond acceptors (Lipinski definition) is 2. The van der Waals surface area contributed by atoms with Crippen LogP contribution in [0.25, 0.3) is 5.70 Å². The molecule has 0 aromatic heterocycles. The number of nitrogens with one attached hydrogen (secondary N) is 2. The molecule has 0 fully saturated rings. The van der Waals surface area contributed by atoms with E-state index in [1.807, 2.05) is 84.9 Å². The largest absolute Gasteiger partial charge is 0.351 e. The second kappa shape index (κ2) is 7.97. The van der Waals surface area contributed by atoms with Crippen LogP contribution in [0.1, 0.15) is 27.5 Å². The number of hydrogen-bond donors (Lipinski definition) is 2. The van der Waals surface area contributed by atoms with E-state index in [4.69, 9.17) is 23.8 Å². The highest BCUT2D eigenvalue weighted by atomic mass is 35.5. The number of ketones is 1. The predicted molar refractivity (Wildman–Crippen MR) is 117 cm³/mol. The van der Waals surface area contributed by atoms with Crippen LogP contribution in [0.4, 0.5) is 0 Å². The summed E-state index contributed by atoms with van der Waals surface area (Å²) in [6.45, 7) is 0. The zero-order chi connectivity index (χ0) is 19.5. The third-order valence-electron chi connectivity index (χ3n) is 4.62. The fraction of sp³-hybridized carbons (Fsp3) is 0.0435. The Bertz CT molecular complexity index is 1050. The lowest BCUT2D eigenvalue weighted by Crippen LogP contribution is -2.44. The summed E-state index contributed by atoms with van der Waals surface area (Å²) < 4.78 is 0. The van der Waals surface area contributed by atoms with Gasteiger partial charge in [-0.1, -0.05) is 84.4 Å². The lowest BCUT2D eigenvalue weighted by atomic mass is 9.87. The zero-order valence-electron chi connectivity index (χ0n) is 14.9. The SMILES string of the molecule is O=C(C1=C(c2ccccc2)NC(=S)NC1c1ccc(Cl)cc1)c1ccccc1. The molecule has 0 radical (unpaired) electrons. The summed E-state index contributed by atoms with van der Waals surface area (Å²) in [5.74, 6) is -0.0538. The summed E-state index contributed by atoms with van der Waals surface area (Å²) in [7, 11) is 0. The van der Waals surface area contributed by atoms with Crippen LogP contribution in [0.5, 0.6) is 0 Å². The second-order valence-corrected chi connectivity index (χ2v) is 7.28. The molecule has 2 N–H and O–H groups in total. The number of carbonyl (C=O) groups is 1. The zero-order valence-corrected chi connectivity index (χ0v) is 16.4. The van der Waals surface area contributed by atoms with Gasteiger partial charge in [-0.15, -0.1) is 0 Å². The Morgan fingerprint density at radius 2 is 1.46 bits per heavy atom. The number of Topliss-reactive ketones (excluding diaryl/α,β-unsaturated/α-hetero) is 1. The van der Waals surface area contributed by atoms with Crippen molar-refractivity contribution in [3.05, 3.63) is 112 Å². The molecule has 3 nitrogen and oxygen atoms in total. The monoisotopic (exact) mass is 404 g/mol. The van der Waals surface area contributed by atoms with Gasteiger partial charge in [0.15, 0.2) is 10.9 Å². The third kappa shape index (κ3) is 3.70. The van der Waals surface area contributed by atoms with Crippen LogP contribution in [0, 0.1) is 0 Å². The standard InChI is InChI=1S/C23H17ClN2OS/c24-18-13-11-16(12-14-18)21-19(22(27)17-9-5-2-6-10-17)20(25-23(28)26-21)15-7-3-1-4-8-15/h1-14,21H,(H2,25,26,28). The number of carbonyl (C=O) groups excluding carboxylic acids is 1. The third-order valence-corrected chi connectivity index (χ3v) is 5.09. The van der Waals surface area contributed by atoms with Gasteiger partial charge in [0.05, 0.1) is 17.3 Å². The molecule has 1 aliphatic rings. The van der Waals surface area contributed by atoms with E-state index in [9.17, 15) is 4.79 Å². The van der Waals surface area contributed by atoms with Gasteiger partial charge < -0.3 is 10.6 Å². The second-order valence-electron chi connectivity index (χ2n) is 6.43. The van der Waals surface area contributed by atoms with Crippen molar-refractivity contribution < 1.29 is 4.79 Å². The number of thiocarbonyl (C=S) groups is 1. The Hall–Kier alpha value is -2.95. The summed E-state index contributed by atoms with van der Waals surface area (Å²) in [6.07, 6.45) is 0. The quantitative estimate of drug-likeness (QED) is 0.466. The van der Waals surface area contributed by atoms with Gasteiger partial charge in [0.1, 0.15) is 0 Å². The maximum absolute atomic E-state index is 13.5. The van der Waals surface area contributed by atoms with Gasteiger partial charge in [-0.05, 0) is 35.5 Å². The molecule has 0 bridgehead atoms. The Labute approximate surface area is 174 Å². The normalized spacial score (nSPS) is 16.3. The summed E-state index contributed by atoms with van der Waals surface area (Å²) >= 11 is 11.5. The molecule has 5 heteroatoms. The minimum Gasteiger partial charge on any atom is -0.351 e. The first kappa shape index (κ1) is 18.4. The summed E-state index contributed by atoms with van der Waals surface area (Å²) in [6, 6.07) is 26.1. The molecular formula is C23H17ClN2OS. The van der Waals surface area contributed by atoms with Crippen molar-refractivity contribution in [3.8, 4) is 0 Å². The fourth-order valence-corrected chi connectivity index (χ4v) is 3.64. The Morgan fingerprint density at radius 3 is 2.11 bits per heavy atom. The van der Waals surface area contributed by atoms with Crippen LogP contribution in [-0.2, 0) is 0 Å². The van der Waals surface area contributed by atoms with E-state index in [2.05, 4.69) is 10.6 Å². The van der Waals surface area contributed by atoms with Crippen molar-refractivity contribution in [2.75, 3.05) is 0 Å². The Kier molecular flexibility index (Phi) is 5.24. The first-order chi connectivity index (χ1) is 13.6. The topological polar surface area (TPSA) is 41.1 Å². The van der Waals surface area contributed by atoms with E-state index in [1.54, 1.807) is 0 Å². The Balaban J connectivity index is 1.92. The molecule has 1 atom stereocenters. The lowest BCUT2D eigenvalue weighted by molar-refractivity contribution is 0.102. The van der Waals surface area contributed by atoms with Crippen molar-refractivity contribution >= 4 is 40.4 Å². The van der Waals surface area contributed by atoms with Crippen LogP contribution in [-0.4, -0.2) is 10.9 Å². The molecule has 0 spiro atoms. The Morgan fingerprint density at radius 1 is 0.857 bits per heavy atom. The van der Waals surface area contributed by atoms with Crippen molar-refractivity contribution in [2.24, 2.45) is 0 Å². The molecule has 4 rings (SSSR count). The summed E-state index contributed by atoms with van der Waals surface area (Å²) in [4.78, 5) is 13.5. The highest BCUT2D eigenvalue weighted by Gasteiger charge is 2.32. The molecule has 3 aromatic carbocycles. The van der Waals surface area contributed by atoms with Gasteiger partial charge in [-0.3, -0.25) is 4.79 Å². The summed E-state index contributed by atoms with van der Waals surface area (Å²) in [5.41, 5.74) is 3.79. The van der Waals surface area contributed by atoms with E-state index in [1.165, 1.54) is 0 Å². The predicted octanol–water partition coefficient (Wildman–Crippen LogP) is 5.15. The van der Waals surface area contributed by atoms with Gasteiger partial charge >= 0.3 is 0 Å². The van der Waals surface area contributed by atoms with Crippen molar-refractivity contribution in [1.29, 1.82) is 0 Å². The maximum atomic E-state index is 13.5. The maximum Gasteiger partial charge on any atom is 0.193 e. The van der Waals surface area contributed by atoms with Crippen LogP contribution in [0.2, 0.25) is 5.02 Å². The molecule has 1 aliphatic heterocycles. The molecule has 3 aromatic rings. The average molecular weight is 405 g/mol. The fourth-order valence-electron chi connectivity index (χ4n) is 3.29. The minimum absolute atomic E-state index is 0.0538. The molecule has 1 heterocycles. The van der Waals surface area contributed by atoms with Gasteiger partial charge in [0.2, 0.25) is 0 Å². The highest BCUT2D eigenvalue weighted by molar-refractivity contribution is 7.80. The van der Waals surface area contributed by atoms with E-state index in [0.29, 0.717) is 21.3 Å². The van der Waals surface area contributed by atoms with Crippen molar-refractivity contribution in [1.82, 2.24) is 10.6 Å². The van der Waals surface area contributed by atoms with Gasteiger partial charge in [-0.25, -0.2) is 0 Å². The van der Waals surface area contributed by atoms with Crippen LogP contribution in [0.15, 0.2) is 90.5 Å². The molecule has 1 unspecified atom stereocenters. The van der Waals surface area contributed by atoms with Crippen LogP contribution < -0.4 is 10.6 Å². The van der Waals surface area contributed by atoms with E-state index in [0.717, 1.165) is 16.8 Å².